The van der Waals surface area contributed by atoms with Crippen molar-refractivity contribution in [2.24, 2.45) is 5.41 Å². The van der Waals surface area contributed by atoms with E-state index in [9.17, 15) is 0 Å². The molecule has 0 amide bonds. The SMILES string of the molecule is Cc1cc(C)c(CNC2CCCCC2(C)C)c(C)c1. The molecule has 1 unspecified atom stereocenters. The van der Waals surface area contributed by atoms with Crippen LogP contribution in [-0.4, -0.2) is 6.04 Å². The third-order valence-corrected chi connectivity index (χ3v) is 4.87. The molecule has 1 nitrogen and oxygen atoms in total. The molecule has 1 aromatic carbocycles. The Kier molecular flexibility index (Phi) is 4.35. The molecule has 19 heavy (non-hydrogen) atoms. The minimum absolute atomic E-state index is 0.449. The van der Waals surface area contributed by atoms with Crippen molar-refractivity contribution in [3.05, 3.63) is 34.4 Å². The maximum atomic E-state index is 3.83. The molecule has 2 rings (SSSR count). The van der Waals surface area contributed by atoms with Gasteiger partial charge in [-0.2, -0.15) is 0 Å². The quantitative estimate of drug-likeness (QED) is 0.831. The van der Waals surface area contributed by atoms with Gasteiger partial charge >= 0.3 is 0 Å². The van der Waals surface area contributed by atoms with Crippen LogP contribution in [0, 0.1) is 26.2 Å². The normalized spacial score (nSPS) is 22.5. The van der Waals surface area contributed by atoms with Gasteiger partial charge in [-0.1, -0.05) is 44.4 Å². The molecule has 1 fully saturated rings. The molecule has 1 aliphatic rings. The predicted octanol–water partition coefficient (Wildman–Crippen LogP) is 4.67. The molecule has 1 atom stereocenters. The summed E-state index contributed by atoms with van der Waals surface area (Å²) in [7, 11) is 0. The van der Waals surface area contributed by atoms with Gasteiger partial charge in [0, 0.05) is 12.6 Å². The van der Waals surface area contributed by atoms with Gasteiger partial charge in [0.1, 0.15) is 0 Å². The third kappa shape index (κ3) is 3.39. The highest BCUT2D eigenvalue weighted by Gasteiger charge is 2.31. The smallest absolute Gasteiger partial charge is 0.0213 e. The number of aryl methyl sites for hydroxylation is 3. The fourth-order valence-electron chi connectivity index (χ4n) is 3.59. The van der Waals surface area contributed by atoms with Gasteiger partial charge in [-0.05, 0) is 55.7 Å². The van der Waals surface area contributed by atoms with Crippen molar-refractivity contribution in [1.29, 1.82) is 0 Å². The van der Waals surface area contributed by atoms with E-state index >= 15 is 0 Å². The summed E-state index contributed by atoms with van der Waals surface area (Å²) in [6.45, 7) is 12.5. The predicted molar refractivity (Wildman–Crippen MR) is 83.5 cm³/mol. The number of benzene rings is 1. The van der Waals surface area contributed by atoms with Crippen molar-refractivity contribution in [2.45, 2.75) is 72.9 Å². The number of nitrogens with one attached hydrogen (secondary N) is 1. The summed E-state index contributed by atoms with van der Waals surface area (Å²) in [4.78, 5) is 0. The standard InChI is InChI=1S/C18H29N/c1-13-10-14(2)16(15(3)11-13)12-19-17-8-6-7-9-18(17,4)5/h10-11,17,19H,6-9,12H2,1-5H3. The molecule has 0 aromatic heterocycles. The van der Waals surface area contributed by atoms with Crippen molar-refractivity contribution in [3.8, 4) is 0 Å². The number of hydrogen-bond acceptors (Lipinski definition) is 1. The van der Waals surface area contributed by atoms with Crippen LogP contribution in [-0.2, 0) is 6.54 Å². The number of rotatable bonds is 3. The van der Waals surface area contributed by atoms with E-state index in [1.807, 2.05) is 0 Å². The molecule has 106 valence electrons. The molecule has 0 aliphatic heterocycles. The summed E-state index contributed by atoms with van der Waals surface area (Å²) >= 11 is 0. The Balaban J connectivity index is 2.06. The Bertz CT molecular complexity index is 422. The highest BCUT2D eigenvalue weighted by molar-refractivity contribution is 5.37. The van der Waals surface area contributed by atoms with Crippen LogP contribution in [0.4, 0.5) is 0 Å². The third-order valence-electron chi connectivity index (χ3n) is 4.87. The van der Waals surface area contributed by atoms with Crippen molar-refractivity contribution < 1.29 is 0 Å². The highest BCUT2D eigenvalue weighted by atomic mass is 14.9. The molecule has 1 heteroatoms. The van der Waals surface area contributed by atoms with Crippen LogP contribution in [0.3, 0.4) is 0 Å². The summed E-state index contributed by atoms with van der Waals surface area (Å²) in [6.07, 6.45) is 5.47. The van der Waals surface area contributed by atoms with E-state index in [1.54, 1.807) is 0 Å². The van der Waals surface area contributed by atoms with Crippen LogP contribution in [0.5, 0.6) is 0 Å². The van der Waals surface area contributed by atoms with Crippen LogP contribution in [0.15, 0.2) is 12.1 Å². The molecule has 1 N–H and O–H groups in total. The summed E-state index contributed by atoms with van der Waals surface area (Å²) in [5.74, 6) is 0. The molecule has 0 radical (unpaired) electrons. The summed E-state index contributed by atoms with van der Waals surface area (Å²) < 4.78 is 0. The van der Waals surface area contributed by atoms with E-state index in [0.717, 1.165) is 6.54 Å². The van der Waals surface area contributed by atoms with Crippen LogP contribution in [0.1, 0.15) is 61.8 Å². The van der Waals surface area contributed by atoms with Crippen molar-refractivity contribution in [1.82, 2.24) is 5.32 Å². The molecule has 0 heterocycles. The van der Waals surface area contributed by atoms with Crippen molar-refractivity contribution in [3.63, 3.8) is 0 Å². The van der Waals surface area contributed by atoms with Gasteiger partial charge in [-0.3, -0.25) is 0 Å². The van der Waals surface area contributed by atoms with Crippen LogP contribution < -0.4 is 5.32 Å². The lowest BCUT2D eigenvalue weighted by Crippen LogP contribution is -2.43. The minimum Gasteiger partial charge on any atom is -0.309 e. The average molecular weight is 259 g/mol. The zero-order valence-electron chi connectivity index (χ0n) is 13.3. The molecular weight excluding hydrogens is 230 g/mol. The Labute approximate surface area is 118 Å². The Morgan fingerprint density at radius 3 is 2.32 bits per heavy atom. The molecule has 0 spiro atoms. The van der Waals surface area contributed by atoms with Crippen molar-refractivity contribution in [2.75, 3.05) is 0 Å². The summed E-state index contributed by atoms with van der Waals surface area (Å²) in [5.41, 5.74) is 6.17. The van der Waals surface area contributed by atoms with E-state index in [-0.39, 0.29) is 0 Å². The van der Waals surface area contributed by atoms with Gasteiger partial charge in [0.2, 0.25) is 0 Å². The lowest BCUT2D eigenvalue weighted by Gasteiger charge is -2.39. The highest BCUT2D eigenvalue weighted by Crippen LogP contribution is 2.35. The second-order valence-electron chi connectivity index (χ2n) is 7.05. The lowest BCUT2D eigenvalue weighted by atomic mass is 9.73. The van der Waals surface area contributed by atoms with E-state index in [4.69, 9.17) is 0 Å². The average Bonchev–Trinajstić information content (AvgIpc) is 2.29. The maximum absolute atomic E-state index is 3.83. The molecular formula is C18H29N. The van der Waals surface area contributed by atoms with Crippen LogP contribution in [0.25, 0.3) is 0 Å². The first-order valence-corrected chi connectivity index (χ1v) is 7.70. The maximum Gasteiger partial charge on any atom is 0.0213 e. The zero-order chi connectivity index (χ0) is 14.0. The zero-order valence-corrected chi connectivity index (χ0v) is 13.3. The van der Waals surface area contributed by atoms with Gasteiger partial charge in [0.15, 0.2) is 0 Å². The Morgan fingerprint density at radius 2 is 1.74 bits per heavy atom. The van der Waals surface area contributed by atoms with Crippen LogP contribution in [0.2, 0.25) is 0 Å². The number of hydrogen-bond donors (Lipinski definition) is 1. The Morgan fingerprint density at radius 1 is 1.11 bits per heavy atom. The topological polar surface area (TPSA) is 12.0 Å². The van der Waals surface area contributed by atoms with E-state index in [0.29, 0.717) is 11.5 Å². The van der Waals surface area contributed by atoms with Gasteiger partial charge in [0.05, 0.1) is 0 Å². The first-order chi connectivity index (χ1) is 8.90. The molecule has 0 saturated heterocycles. The fraction of sp³-hybridized carbons (Fsp3) is 0.667. The monoisotopic (exact) mass is 259 g/mol. The first-order valence-electron chi connectivity index (χ1n) is 7.70. The molecule has 0 bridgehead atoms. The Hall–Kier alpha value is -0.820. The van der Waals surface area contributed by atoms with Gasteiger partial charge < -0.3 is 5.32 Å². The molecule has 1 saturated carbocycles. The largest absolute Gasteiger partial charge is 0.309 e. The fourth-order valence-corrected chi connectivity index (χ4v) is 3.59. The second kappa shape index (κ2) is 5.66. The van der Waals surface area contributed by atoms with Crippen LogP contribution >= 0.6 is 0 Å². The van der Waals surface area contributed by atoms with Crippen molar-refractivity contribution >= 4 is 0 Å². The van der Waals surface area contributed by atoms with Gasteiger partial charge in [-0.25, -0.2) is 0 Å². The lowest BCUT2D eigenvalue weighted by molar-refractivity contribution is 0.166. The minimum atomic E-state index is 0.449. The molecule has 1 aromatic rings. The van der Waals surface area contributed by atoms with E-state index in [2.05, 4.69) is 52.1 Å². The first kappa shape index (κ1) is 14.6. The summed E-state index contributed by atoms with van der Waals surface area (Å²) in [5, 5.41) is 3.83. The van der Waals surface area contributed by atoms with E-state index in [1.165, 1.54) is 47.9 Å². The van der Waals surface area contributed by atoms with Gasteiger partial charge in [-0.15, -0.1) is 0 Å². The summed E-state index contributed by atoms with van der Waals surface area (Å²) in [6, 6.07) is 5.27. The van der Waals surface area contributed by atoms with Gasteiger partial charge in [0.25, 0.3) is 0 Å². The second-order valence-corrected chi connectivity index (χ2v) is 7.05. The molecule has 1 aliphatic carbocycles. The van der Waals surface area contributed by atoms with E-state index < -0.39 is 0 Å².